The zero-order valence-corrected chi connectivity index (χ0v) is 15.1. The number of methoxy groups -OCH3 is 1. The van der Waals surface area contributed by atoms with E-state index in [2.05, 4.69) is 11.4 Å². The molecule has 2 aromatic rings. The summed E-state index contributed by atoms with van der Waals surface area (Å²) in [5.41, 5.74) is 4.17. The van der Waals surface area contributed by atoms with Crippen LogP contribution in [0.2, 0.25) is 0 Å². The lowest BCUT2D eigenvalue weighted by Crippen LogP contribution is -2.22. The number of carbonyl (C=O) groups excluding carboxylic acids is 1. The van der Waals surface area contributed by atoms with Crippen LogP contribution in [-0.4, -0.2) is 27.1 Å². The van der Waals surface area contributed by atoms with Gasteiger partial charge in [-0.05, 0) is 54.8 Å². The number of nitrogens with one attached hydrogen (secondary N) is 1. The Morgan fingerprint density at radius 2 is 1.83 bits per heavy atom. The van der Waals surface area contributed by atoms with Crippen LogP contribution in [0, 0.1) is 12.8 Å². The van der Waals surface area contributed by atoms with Gasteiger partial charge >= 0.3 is 0 Å². The molecule has 0 spiro atoms. The maximum absolute atomic E-state index is 12.5. The number of carbonyl (C=O) groups is 1. The molecule has 1 atom stereocenters. The predicted molar refractivity (Wildman–Crippen MR) is 100.0 cm³/mol. The molecule has 0 radical (unpaired) electrons. The average Bonchev–Trinajstić information content (AvgIpc) is 2.57. The monoisotopic (exact) mass is 326 g/mol. The summed E-state index contributed by atoms with van der Waals surface area (Å²) in [5.74, 6) is 0.755. The Labute approximate surface area is 144 Å². The van der Waals surface area contributed by atoms with E-state index in [1.807, 2.05) is 69.2 Å². The zero-order chi connectivity index (χ0) is 17.7. The van der Waals surface area contributed by atoms with Gasteiger partial charge in [0.05, 0.1) is 7.11 Å². The minimum atomic E-state index is -0.105. The molecule has 4 heteroatoms. The molecule has 24 heavy (non-hydrogen) atoms. The third-order valence-electron chi connectivity index (χ3n) is 4.13. The van der Waals surface area contributed by atoms with Gasteiger partial charge in [-0.25, -0.2) is 0 Å². The molecule has 0 saturated carbocycles. The summed E-state index contributed by atoms with van der Waals surface area (Å²) in [7, 11) is 5.66. The van der Waals surface area contributed by atoms with E-state index in [9.17, 15) is 4.79 Å². The van der Waals surface area contributed by atoms with Gasteiger partial charge in [0.25, 0.3) is 0 Å². The predicted octanol–water partition coefficient (Wildman–Crippen LogP) is 3.89. The molecule has 0 aliphatic heterocycles. The maximum atomic E-state index is 12.5. The van der Waals surface area contributed by atoms with Crippen LogP contribution in [-0.2, 0) is 11.2 Å². The van der Waals surface area contributed by atoms with Crippen molar-refractivity contribution < 1.29 is 9.53 Å². The lowest BCUT2D eigenvalue weighted by atomic mass is 10.00. The third kappa shape index (κ3) is 4.51. The van der Waals surface area contributed by atoms with Crippen LogP contribution in [0.1, 0.15) is 18.1 Å². The van der Waals surface area contributed by atoms with Crippen LogP contribution in [0.3, 0.4) is 0 Å². The molecule has 0 saturated heterocycles. The standard InChI is InChI=1S/C20H26N2O2/c1-14-13-17(22(3)4)8-11-19(14)21-20(23)15(2)12-16-6-9-18(24-5)10-7-16/h6-11,13,15H,12H2,1-5H3,(H,21,23). The van der Waals surface area contributed by atoms with E-state index < -0.39 is 0 Å². The molecule has 0 heterocycles. The van der Waals surface area contributed by atoms with Gasteiger partial charge < -0.3 is 15.0 Å². The fourth-order valence-corrected chi connectivity index (χ4v) is 2.53. The van der Waals surface area contributed by atoms with Gasteiger partial charge in [0, 0.05) is 31.4 Å². The summed E-state index contributed by atoms with van der Waals surface area (Å²) in [5, 5.41) is 3.04. The summed E-state index contributed by atoms with van der Waals surface area (Å²) >= 11 is 0. The average molecular weight is 326 g/mol. The molecule has 1 unspecified atom stereocenters. The highest BCUT2D eigenvalue weighted by atomic mass is 16.5. The highest BCUT2D eigenvalue weighted by molar-refractivity contribution is 5.93. The van der Waals surface area contributed by atoms with Crippen LogP contribution in [0.5, 0.6) is 5.75 Å². The van der Waals surface area contributed by atoms with Crippen LogP contribution in [0.15, 0.2) is 42.5 Å². The summed E-state index contributed by atoms with van der Waals surface area (Å²) in [6, 6.07) is 13.9. The van der Waals surface area contributed by atoms with Crippen molar-refractivity contribution in [3.05, 3.63) is 53.6 Å². The summed E-state index contributed by atoms with van der Waals surface area (Å²) in [6.45, 7) is 3.96. The first-order valence-corrected chi connectivity index (χ1v) is 8.12. The molecule has 1 N–H and O–H groups in total. The molecule has 0 aromatic heterocycles. The van der Waals surface area contributed by atoms with E-state index in [1.165, 1.54) is 0 Å². The fraction of sp³-hybridized carbons (Fsp3) is 0.350. The molecule has 4 nitrogen and oxygen atoms in total. The van der Waals surface area contributed by atoms with E-state index >= 15 is 0 Å². The highest BCUT2D eigenvalue weighted by Gasteiger charge is 2.15. The van der Waals surface area contributed by atoms with Gasteiger partial charge in [-0.15, -0.1) is 0 Å². The molecule has 0 aliphatic carbocycles. The van der Waals surface area contributed by atoms with E-state index in [0.717, 1.165) is 28.3 Å². The number of amides is 1. The van der Waals surface area contributed by atoms with Gasteiger partial charge in [0.2, 0.25) is 5.91 Å². The summed E-state index contributed by atoms with van der Waals surface area (Å²) < 4.78 is 5.16. The molecule has 0 fully saturated rings. The number of benzene rings is 2. The van der Waals surface area contributed by atoms with E-state index in [0.29, 0.717) is 6.42 Å². The number of nitrogens with zero attached hydrogens (tertiary/aromatic N) is 1. The van der Waals surface area contributed by atoms with Crippen molar-refractivity contribution in [1.82, 2.24) is 0 Å². The van der Waals surface area contributed by atoms with Crippen LogP contribution in [0.25, 0.3) is 0 Å². The number of aryl methyl sites for hydroxylation is 1. The Morgan fingerprint density at radius 3 is 2.38 bits per heavy atom. The van der Waals surface area contributed by atoms with Crippen molar-refractivity contribution >= 4 is 17.3 Å². The molecule has 1 amide bonds. The number of ether oxygens (including phenoxy) is 1. The largest absolute Gasteiger partial charge is 0.497 e. The van der Waals surface area contributed by atoms with Crippen molar-refractivity contribution in [3.63, 3.8) is 0 Å². The summed E-state index contributed by atoms with van der Waals surface area (Å²) in [6.07, 6.45) is 0.699. The normalized spacial score (nSPS) is 11.7. The minimum absolute atomic E-state index is 0.0338. The molecule has 2 rings (SSSR count). The van der Waals surface area contributed by atoms with E-state index in [-0.39, 0.29) is 11.8 Å². The highest BCUT2D eigenvalue weighted by Crippen LogP contribution is 2.22. The number of hydrogen-bond donors (Lipinski definition) is 1. The Balaban J connectivity index is 2.00. The third-order valence-corrected chi connectivity index (χ3v) is 4.13. The second-order valence-electron chi connectivity index (χ2n) is 6.34. The SMILES string of the molecule is COc1ccc(CC(C)C(=O)Nc2ccc(N(C)C)cc2C)cc1. The van der Waals surface area contributed by atoms with Crippen molar-refractivity contribution in [3.8, 4) is 5.75 Å². The van der Waals surface area contributed by atoms with Crippen molar-refractivity contribution in [1.29, 1.82) is 0 Å². The Hall–Kier alpha value is -2.49. The molecular weight excluding hydrogens is 300 g/mol. The first-order valence-electron chi connectivity index (χ1n) is 8.12. The second kappa shape index (κ2) is 7.86. The lowest BCUT2D eigenvalue weighted by molar-refractivity contribution is -0.119. The Kier molecular flexibility index (Phi) is 5.85. The van der Waals surface area contributed by atoms with Gasteiger partial charge in [-0.2, -0.15) is 0 Å². The van der Waals surface area contributed by atoms with Gasteiger partial charge in [-0.3, -0.25) is 4.79 Å². The minimum Gasteiger partial charge on any atom is -0.497 e. The smallest absolute Gasteiger partial charge is 0.227 e. The van der Waals surface area contributed by atoms with E-state index in [4.69, 9.17) is 4.74 Å². The maximum Gasteiger partial charge on any atom is 0.227 e. The molecular formula is C20H26N2O2. The van der Waals surface area contributed by atoms with Crippen molar-refractivity contribution in [2.45, 2.75) is 20.3 Å². The van der Waals surface area contributed by atoms with Gasteiger partial charge in [-0.1, -0.05) is 19.1 Å². The Bertz CT molecular complexity index is 693. The quantitative estimate of drug-likeness (QED) is 0.876. The molecule has 2 aromatic carbocycles. The fourth-order valence-electron chi connectivity index (χ4n) is 2.53. The molecule has 0 bridgehead atoms. The van der Waals surface area contributed by atoms with Gasteiger partial charge in [0.1, 0.15) is 5.75 Å². The van der Waals surface area contributed by atoms with Crippen LogP contribution < -0.4 is 15.0 Å². The summed E-state index contributed by atoms with van der Waals surface area (Å²) in [4.78, 5) is 14.5. The lowest BCUT2D eigenvalue weighted by Gasteiger charge is -2.17. The van der Waals surface area contributed by atoms with Crippen LogP contribution in [0.4, 0.5) is 11.4 Å². The number of hydrogen-bond acceptors (Lipinski definition) is 3. The zero-order valence-electron chi connectivity index (χ0n) is 15.1. The van der Waals surface area contributed by atoms with Crippen molar-refractivity contribution in [2.24, 2.45) is 5.92 Å². The van der Waals surface area contributed by atoms with Gasteiger partial charge in [0.15, 0.2) is 0 Å². The first-order chi connectivity index (χ1) is 11.4. The Morgan fingerprint density at radius 1 is 1.17 bits per heavy atom. The van der Waals surface area contributed by atoms with Crippen molar-refractivity contribution in [2.75, 3.05) is 31.4 Å². The first kappa shape index (κ1) is 17.9. The topological polar surface area (TPSA) is 41.6 Å². The number of anilines is 2. The molecule has 0 aliphatic rings. The van der Waals surface area contributed by atoms with E-state index in [1.54, 1.807) is 7.11 Å². The molecule has 128 valence electrons. The van der Waals surface area contributed by atoms with Crippen LogP contribution >= 0.6 is 0 Å². The second-order valence-corrected chi connectivity index (χ2v) is 6.34. The number of rotatable bonds is 6.